The van der Waals surface area contributed by atoms with Gasteiger partial charge in [0.2, 0.25) is 0 Å². The molecule has 2 fully saturated rings. The maximum Gasteiger partial charge on any atom is 0.311 e. The molecule has 22 heavy (non-hydrogen) atoms. The number of rotatable bonds is 2. The molecule has 0 atom stereocenters. The first kappa shape index (κ1) is 15.7. The van der Waals surface area contributed by atoms with Crippen LogP contribution in [0.1, 0.15) is 39.5 Å². The molecule has 3 rings (SSSR count). The van der Waals surface area contributed by atoms with Crippen LogP contribution in [-0.4, -0.2) is 34.2 Å². The fourth-order valence-corrected chi connectivity index (χ4v) is 4.39. The summed E-state index contributed by atoms with van der Waals surface area (Å²) in [7, 11) is 0. The number of aromatic nitrogens is 1. The Morgan fingerprint density at radius 2 is 2.00 bits per heavy atom. The van der Waals surface area contributed by atoms with Crippen molar-refractivity contribution >= 4 is 27.3 Å². The molecule has 0 N–H and O–H groups in total. The summed E-state index contributed by atoms with van der Waals surface area (Å²) in [5, 5.41) is 11.4. The molecule has 1 saturated carbocycles. The van der Waals surface area contributed by atoms with Gasteiger partial charge in [-0.25, -0.2) is 0 Å². The zero-order valence-corrected chi connectivity index (χ0v) is 14.4. The molecular formula is C15H20BrN3O3. The molecular weight excluding hydrogens is 350 g/mol. The van der Waals surface area contributed by atoms with Crippen LogP contribution in [0.2, 0.25) is 0 Å². The molecule has 0 unspecified atom stereocenters. The fraction of sp³-hybridized carbons (Fsp3) is 0.667. The average Bonchev–Trinajstić information content (AvgIpc) is 2.83. The first-order valence-electron chi connectivity index (χ1n) is 7.55. The van der Waals surface area contributed by atoms with Gasteiger partial charge in [0.05, 0.1) is 20.6 Å². The van der Waals surface area contributed by atoms with Gasteiger partial charge in [0.25, 0.3) is 0 Å². The monoisotopic (exact) mass is 369 g/mol. The zero-order valence-electron chi connectivity index (χ0n) is 12.8. The molecule has 1 aliphatic heterocycles. The van der Waals surface area contributed by atoms with E-state index in [-0.39, 0.29) is 21.8 Å². The minimum atomic E-state index is -0.364. The fourth-order valence-electron chi connectivity index (χ4n) is 3.82. The molecule has 7 heteroatoms. The lowest BCUT2D eigenvalue weighted by atomic mass is 9.93. The van der Waals surface area contributed by atoms with Crippen LogP contribution in [0.15, 0.2) is 16.9 Å². The Morgan fingerprint density at radius 1 is 1.32 bits per heavy atom. The van der Waals surface area contributed by atoms with Crippen LogP contribution in [0.3, 0.4) is 0 Å². The highest BCUT2D eigenvalue weighted by atomic mass is 79.9. The molecule has 1 aromatic heterocycles. The molecule has 6 nitrogen and oxygen atoms in total. The van der Waals surface area contributed by atoms with Crippen molar-refractivity contribution in [1.82, 2.24) is 4.98 Å². The number of hydrogen-bond donors (Lipinski definition) is 0. The summed E-state index contributed by atoms with van der Waals surface area (Å²) in [5.74, 6) is 0. The Hall–Kier alpha value is -1.21. The maximum atomic E-state index is 11.4. The molecule has 1 spiro atoms. The highest BCUT2D eigenvalue weighted by Gasteiger charge is 2.47. The minimum Gasteiger partial charge on any atom is -0.365 e. The normalized spacial score (nSPS) is 23.0. The maximum absolute atomic E-state index is 11.4. The third-order valence-electron chi connectivity index (χ3n) is 4.42. The Morgan fingerprint density at radius 3 is 2.64 bits per heavy atom. The second-order valence-electron chi connectivity index (χ2n) is 6.85. The van der Waals surface area contributed by atoms with E-state index in [9.17, 15) is 10.1 Å². The van der Waals surface area contributed by atoms with E-state index in [0.717, 1.165) is 25.7 Å². The van der Waals surface area contributed by atoms with E-state index in [1.165, 1.54) is 6.20 Å². The summed E-state index contributed by atoms with van der Waals surface area (Å²) in [5.41, 5.74) is 0.139. The topological polar surface area (TPSA) is 68.5 Å². The van der Waals surface area contributed by atoms with E-state index in [2.05, 4.69) is 39.7 Å². The van der Waals surface area contributed by atoms with Crippen LogP contribution in [0.4, 0.5) is 11.4 Å². The van der Waals surface area contributed by atoms with E-state index in [4.69, 9.17) is 4.74 Å². The van der Waals surface area contributed by atoms with E-state index in [0.29, 0.717) is 23.2 Å². The van der Waals surface area contributed by atoms with Crippen molar-refractivity contribution in [3.8, 4) is 0 Å². The number of nitro groups is 1. The molecule has 0 amide bonds. The number of hydrogen-bond acceptors (Lipinski definition) is 5. The van der Waals surface area contributed by atoms with Crippen LogP contribution in [-0.2, 0) is 4.74 Å². The van der Waals surface area contributed by atoms with E-state index in [1.807, 2.05) is 0 Å². The number of nitrogens with zero attached hydrogens (tertiary/aromatic N) is 3. The highest BCUT2D eigenvalue weighted by molar-refractivity contribution is 9.10. The van der Waals surface area contributed by atoms with Gasteiger partial charge in [0.15, 0.2) is 0 Å². The lowest BCUT2D eigenvalue weighted by Gasteiger charge is -2.49. The quantitative estimate of drug-likeness (QED) is 0.587. The molecule has 1 aliphatic carbocycles. The molecule has 1 saturated heterocycles. The smallest absolute Gasteiger partial charge is 0.311 e. The van der Waals surface area contributed by atoms with Gasteiger partial charge in [-0.15, -0.1) is 0 Å². The molecule has 120 valence electrons. The van der Waals surface area contributed by atoms with Crippen molar-refractivity contribution in [3.05, 3.63) is 27.0 Å². The van der Waals surface area contributed by atoms with Crippen molar-refractivity contribution in [2.75, 3.05) is 18.0 Å². The average molecular weight is 370 g/mol. The third kappa shape index (κ3) is 2.84. The number of anilines is 1. The Bertz CT molecular complexity index is 600. The van der Waals surface area contributed by atoms with Gasteiger partial charge in [-0.1, -0.05) is 12.8 Å². The van der Waals surface area contributed by atoms with Crippen LogP contribution >= 0.6 is 15.9 Å². The van der Waals surface area contributed by atoms with Crippen LogP contribution in [0.25, 0.3) is 0 Å². The highest BCUT2D eigenvalue weighted by Crippen LogP contribution is 2.45. The molecule has 0 radical (unpaired) electrons. The van der Waals surface area contributed by atoms with Gasteiger partial charge in [0, 0.05) is 19.3 Å². The third-order valence-corrected chi connectivity index (χ3v) is 5.01. The van der Waals surface area contributed by atoms with Gasteiger partial charge < -0.3 is 9.64 Å². The summed E-state index contributed by atoms with van der Waals surface area (Å²) in [6.07, 6.45) is 7.29. The summed E-state index contributed by atoms with van der Waals surface area (Å²) in [6, 6.07) is 0. The number of halogens is 1. The summed E-state index contributed by atoms with van der Waals surface area (Å²) >= 11 is 3.44. The standard InChI is InChI=1S/C15H20BrN3O3/c1-14(2)9-18(10-15(22-14)5-3-4-6-15)13-11(16)7-17-8-12(13)19(20)21/h7-8H,3-6,9-10H2,1-2H3. The minimum absolute atomic E-state index is 0.0419. The van der Waals surface area contributed by atoms with Gasteiger partial charge in [-0.3, -0.25) is 15.1 Å². The Kier molecular flexibility index (Phi) is 3.89. The zero-order chi connectivity index (χ0) is 16.0. The molecule has 2 aliphatic rings. The van der Waals surface area contributed by atoms with Gasteiger partial charge in [-0.05, 0) is 42.6 Å². The summed E-state index contributed by atoms with van der Waals surface area (Å²) in [4.78, 5) is 17.0. The predicted octanol–water partition coefficient (Wildman–Crippen LogP) is 3.68. The predicted molar refractivity (Wildman–Crippen MR) is 87.2 cm³/mol. The Labute approximate surface area is 138 Å². The van der Waals surface area contributed by atoms with Crippen LogP contribution in [0.5, 0.6) is 0 Å². The lowest BCUT2D eigenvalue weighted by Crippen LogP contribution is -2.59. The van der Waals surface area contributed by atoms with E-state index in [1.54, 1.807) is 6.20 Å². The summed E-state index contributed by atoms with van der Waals surface area (Å²) < 4.78 is 7.03. The van der Waals surface area contributed by atoms with Crippen molar-refractivity contribution in [2.24, 2.45) is 0 Å². The Balaban J connectivity index is 2.02. The first-order chi connectivity index (χ1) is 10.3. The van der Waals surface area contributed by atoms with Crippen molar-refractivity contribution in [2.45, 2.75) is 50.7 Å². The largest absolute Gasteiger partial charge is 0.365 e. The van der Waals surface area contributed by atoms with Crippen molar-refractivity contribution < 1.29 is 9.66 Å². The molecule has 0 bridgehead atoms. The van der Waals surface area contributed by atoms with Crippen LogP contribution < -0.4 is 4.90 Å². The van der Waals surface area contributed by atoms with Gasteiger partial charge in [0.1, 0.15) is 11.9 Å². The van der Waals surface area contributed by atoms with E-state index >= 15 is 0 Å². The van der Waals surface area contributed by atoms with Crippen molar-refractivity contribution in [3.63, 3.8) is 0 Å². The summed E-state index contributed by atoms with van der Waals surface area (Å²) in [6.45, 7) is 5.43. The van der Waals surface area contributed by atoms with Gasteiger partial charge >= 0.3 is 5.69 Å². The molecule has 2 heterocycles. The lowest BCUT2D eigenvalue weighted by molar-refractivity contribution is -0.384. The second kappa shape index (κ2) is 5.45. The second-order valence-corrected chi connectivity index (χ2v) is 7.71. The van der Waals surface area contributed by atoms with Gasteiger partial charge in [-0.2, -0.15) is 0 Å². The number of pyridine rings is 1. The first-order valence-corrected chi connectivity index (χ1v) is 8.34. The SMILES string of the molecule is CC1(C)CN(c2c(Br)cncc2[N+](=O)[O-])CC2(CCCC2)O1. The molecule has 0 aromatic carbocycles. The van der Waals surface area contributed by atoms with Crippen LogP contribution in [0, 0.1) is 10.1 Å². The number of ether oxygens (including phenoxy) is 1. The molecule has 1 aromatic rings. The van der Waals surface area contributed by atoms with Crippen molar-refractivity contribution in [1.29, 1.82) is 0 Å². The number of morpholine rings is 1. The van der Waals surface area contributed by atoms with E-state index < -0.39 is 0 Å².